The van der Waals surface area contributed by atoms with Crippen molar-refractivity contribution in [2.75, 3.05) is 6.54 Å². The van der Waals surface area contributed by atoms with Crippen molar-refractivity contribution in [3.63, 3.8) is 0 Å². The quantitative estimate of drug-likeness (QED) is 0.899. The number of carboxylic acid groups (broad SMARTS) is 1. The van der Waals surface area contributed by atoms with Crippen molar-refractivity contribution in [1.29, 1.82) is 0 Å². The van der Waals surface area contributed by atoms with Gasteiger partial charge in [-0.25, -0.2) is 0 Å². The van der Waals surface area contributed by atoms with Crippen LogP contribution in [0.2, 0.25) is 0 Å². The molecule has 0 unspecified atom stereocenters. The van der Waals surface area contributed by atoms with Crippen LogP contribution in [0, 0.1) is 5.41 Å². The minimum Gasteiger partial charge on any atom is -0.481 e. The Kier molecular flexibility index (Phi) is 4.71. The molecule has 1 heterocycles. The number of likely N-dealkylation sites (tertiary alicyclic amines) is 1. The molecule has 0 spiro atoms. The van der Waals surface area contributed by atoms with Crippen LogP contribution in [-0.4, -0.2) is 28.4 Å². The topological polar surface area (TPSA) is 57.6 Å². The highest BCUT2D eigenvalue weighted by Gasteiger charge is 2.36. The Morgan fingerprint density at radius 1 is 1.43 bits per heavy atom. The van der Waals surface area contributed by atoms with E-state index in [9.17, 15) is 14.7 Å². The number of rotatable bonds is 4. The third-order valence-corrected chi connectivity index (χ3v) is 4.47. The largest absolute Gasteiger partial charge is 0.481 e. The van der Waals surface area contributed by atoms with Gasteiger partial charge in [0.1, 0.15) is 0 Å². The lowest BCUT2D eigenvalue weighted by Gasteiger charge is -2.28. The first-order valence-corrected chi connectivity index (χ1v) is 7.89. The third-order valence-electron chi connectivity index (χ3n) is 3.98. The summed E-state index contributed by atoms with van der Waals surface area (Å²) in [4.78, 5) is 25.5. The summed E-state index contributed by atoms with van der Waals surface area (Å²) < 4.78 is 0.991. The number of aliphatic carboxylic acids is 1. The van der Waals surface area contributed by atoms with E-state index in [0.29, 0.717) is 6.54 Å². The van der Waals surface area contributed by atoms with Crippen molar-refractivity contribution >= 4 is 27.8 Å². The maximum atomic E-state index is 12.5. The van der Waals surface area contributed by atoms with E-state index in [1.807, 2.05) is 29.2 Å². The van der Waals surface area contributed by atoms with Crippen LogP contribution in [0.4, 0.5) is 0 Å². The molecule has 4 nitrogen and oxygen atoms in total. The highest BCUT2D eigenvalue weighted by Crippen LogP contribution is 2.35. The summed E-state index contributed by atoms with van der Waals surface area (Å²) >= 11 is 3.45. The third kappa shape index (κ3) is 3.64. The smallest absolute Gasteiger partial charge is 0.309 e. The Morgan fingerprint density at radius 3 is 2.76 bits per heavy atom. The number of amides is 1. The predicted octanol–water partition coefficient (Wildman–Crippen LogP) is 3.61. The number of hydrogen-bond donors (Lipinski definition) is 1. The van der Waals surface area contributed by atoms with E-state index in [2.05, 4.69) is 15.9 Å². The molecule has 1 atom stereocenters. The minimum atomic E-state index is -1.03. The van der Waals surface area contributed by atoms with Gasteiger partial charge in [0, 0.05) is 17.4 Å². The summed E-state index contributed by atoms with van der Waals surface area (Å²) in [6, 6.07) is 8.02. The molecule has 0 aromatic heterocycles. The van der Waals surface area contributed by atoms with Gasteiger partial charge in [-0.2, -0.15) is 0 Å². The van der Waals surface area contributed by atoms with Gasteiger partial charge in [-0.3, -0.25) is 9.59 Å². The molecule has 0 aliphatic carbocycles. The summed E-state index contributed by atoms with van der Waals surface area (Å²) in [5.74, 6) is -1.01. The lowest BCUT2D eigenvalue weighted by atomic mass is 9.88. The van der Waals surface area contributed by atoms with Crippen molar-refractivity contribution in [1.82, 2.24) is 4.90 Å². The molecular formula is C16H20BrNO3. The number of carbonyl (C=O) groups excluding carboxylic acids is 1. The van der Waals surface area contributed by atoms with Gasteiger partial charge >= 0.3 is 5.97 Å². The zero-order valence-corrected chi connectivity index (χ0v) is 13.9. The molecule has 5 heteroatoms. The second kappa shape index (κ2) is 6.18. The van der Waals surface area contributed by atoms with Crippen LogP contribution >= 0.6 is 15.9 Å². The zero-order chi connectivity index (χ0) is 15.6. The van der Waals surface area contributed by atoms with Crippen molar-refractivity contribution in [2.45, 2.75) is 39.2 Å². The highest BCUT2D eigenvalue weighted by molar-refractivity contribution is 9.10. The van der Waals surface area contributed by atoms with Gasteiger partial charge in [0.2, 0.25) is 5.91 Å². The molecule has 0 bridgehead atoms. The molecule has 1 aromatic carbocycles. The second-order valence-electron chi connectivity index (χ2n) is 6.17. The summed E-state index contributed by atoms with van der Waals surface area (Å²) in [6.45, 7) is 3.89. The Bertz CT molecular complexity index is 556. The van der Waals surface area contributed by atoms with E-state index < -0.39 is 11.4 Å². The number of carbonyl (C=O) groups is 2. The van der Waals surface area contributed by atoms with Crippen molar-refractivity contribution in [2.24, 2.45) is 5.41 Å². The molecular weight excluding hydrogens is 334 g/mol. The van der Waals surface area contributed by atoms with E-state index in [0.717, 1.165) is 22.9 Å². The standard InChI is InChI=1S/C16H20BrNO3/c1-16(2,15(20)21)10-14(19)18-8-4-7-13(18)11-5-3-6-12(17)9-11/h3,5-6,9,13H,4,7-8,10H2,1-2H3,(H,20,21)/t13-/m1/s1. The molecule has 1 aliphatic rings. The molecule has 0 saturated carbocycles. The van der Waals surface area contributed by atoms with E-state index >= 15 is 0 Å². The lowest BCUT2D eigenvalue weighted by molar-refractivity contribution is -0.151. The fraction of sp³-hybridized carbons (Fsp3) is 0.500. The first-order chi connectivity index (χ1) is 9.81. The summed E-state index contributed by atoms with van der Waals surface area (Å²) in [5.41, 5.74) is 0.0740. The van der Waals surface area contributed by atoms with Crippen LogP contribution in [0.3, 0.4) is 0 Å². The number of benzene rings is 1. The number of halogens is 1. The van der Waals surface area contributed by atoms with Crippen molar-refractivity contribution < 1.29 is 14.7 Å². The van der Waals surface area contributed by atoms with E-state index in [1.54, 1.807) is 13.8 Å². The highest BCUT2D eigenvalue weighted by atomic mass is 79.9. The molecule has 1 aromatic rings. The SMILES string of the molecule is CC(C)(CC(=O)N1CCC[C@@H]1c1cccc(Br)c1)C(=O)O. The summed E-state index contributed by atoms with van der Waals surface area (Å²) in [6.07, 6.45) is 1.92. The first kappa shape index (κ1) is 16.0. The summed E-state index contributed by atoms with van der Waals surface area (Å²) in [5, 5.41) is 9.18. The zero-order valence-electron chi connectivity index (χ0n) is 12.3. The van der Waals surface area contributed by atoms with Gasteiger partial charge < -0.3 is 10.0 Å². The van der Waals surface area contributed by atoms with Gasteiger partial charge in [-0.15, -0.1) is 0 Å². The Balaban J connectivity index is 2.15. The van der Waals surface area contributed by atoms with E-state index in [-0.39, 0.29) is 18.4 Å². The maximum Gasteiger partial charge on any atom is 0.309 e. The Morgan fingerprint density at radius 2 is 2.14 bits per heavy atom. The van der Waals surface area contributed by atoms with E-state index in [4.69, 9.17) is 0 Å². The normalized spacial score (nSPS) is 18.8. The van der Waals surface area contributed by atoms with Gasteiger partial charge in [-0.05, 0) is 44.4 Å². The maximum absolute atomic E-state index is 12.5. The molecule has 1 aliphatic heterocycles. The Labute approximate surface area is 133 Å². The lowest BCUT2D eigenvalue weighted by Crippen LogP contribution is -2.36. The van der Waals surface area contributed by atoms with Crippen LogP contribution in [-0.2, 0) is 9.59 Å². The van der Waals surface area contributed by atoms with Crippen molar-refractivity contribution in [3.05, 3.63) is 34.3 Å². The molecule has 1 N–H and O–H groups in total. The number of hydrogen-bond acceptors (Lipinski definition) is 2. The van der Waals surface area contributed by atoms with Crippen LogP contribution in [0.25, 0.3) is 0 Å². The predicted molar refractivity (Wildman–Crippen MR) is 83.9 cm³/mol. The molecule has 0 radical (unpaired) electrons. The average molecular weight is 354 g/mol. The van der Waals surface area contributed by atoms with Gasteiger partial charge in [-0.1, -0.05) is 28.1 Å². The van der Waals surface area contributed by atoms with Crippen LogP contribution in [0.5, 0.6) is 0 Å². The molecule has 1 amide bonds. The molecule has 1 saturated heterocycles. The fourth-order valence-electron chi connectivity index (χ4n) is 2.68. The van der Waals surface area contributed by atoms with Crippen LogP contribution < -0.4 is 0 Å². The molecule has 114 valence electrons. The van der Waals surface area contributed by atoms with Crippen LogP contribution in [0.15, 0.2) is 28.7 Å². The van der Waals surface area contributed by atoms with Gasteiger partial charge in [0.05, 0.1) is 11.5 Å². The Hall–Kier alpha value is -1.36. The fourth-order valence-corrected chi connectivity index (χ4v) is 3.10. The summed E-state index contributed by atoms with van der Waals surface area (Å²) in [7, 11) is 0. The first-order valence-electron chi connectivity index (χ1n) is 7.09. The second-order valence-corrected chi connectivity index (χ2v) is 7.08. The minimum absolute atomic E-state index is 0.0346. The van der Waals surface area contributed by atoms with E-state index in [1.165, 1.54) is 0 Å². The number of nitrogens with zero attached hydrogens (tertiary/aromatic N) is 1. The number of carboxylic acids is 1. The molecule has 1 fully saturated rings. The van der Waals surface area contributed by atoms with Crippen LogP contribution in [0.1, 0.15) is 44.7 Å². The van der Waals surface area contributed by atoms with Gasteiger partial charge in [0.15, 0.2) is 0 Å². The van der Waals surface area contributed by atoms with Gasteiger partial charge in [0.25, 0.3) is 0 Å². The molecule has 2 rings (SSSR count). The monoisotopic (exact) mass is 353 g/mol. The molecule has 21 heavy (non-hydrogen) atoms. The average Bonchev–Trinajstić information content (AvgIpc) is 2.87. The van der Waals surface area contributed by atoms with Crippen molar-refractivity contribution in [3.8, 4) is 0 Å².